The molecule has 0 fully saturated rings. The predicted molar refractivity (Wildman–Crippen MR) is 234 cm³/mol. The number of hydrogen-bond acceptors (Lipinski definition) is 4. The summed E-state index contributed by atoms with van der Waals surface area (Å²) in [6.07, 6.45) is 1.99. The Morgan fingerprint density at radius 2 is 0.860 bits per heavy atom. The van der Waals surface area contributed by atoms with Crippen LogP contribution in [0.25, 0.3) is 106 Å². The lowest BCUT2D eigenvalue weighted by atomic mass is 9.98. The van der Waals surface area contributed by atoms with Gasteiger partial charge in [-0.25, -0.2) is 15.0 Å². The van der Waals surface area contributed by atoms with Gasteiger partial charge in [0.25, 0.3) is 0 Å². The van der Waals surface area contributed by atoms with E-state index in [2.05, 4.69) is 138 Å². The molecule has 0 aliphatic carbocycles. The fourth-order valence-electron chi connectivity index (χ4n) is 8.04. The van der Waals surface area contributed by atoms with Crippen LogP contribution in [0, 0.1) is 0 Å². The number of para-hydroxylation sites is 1. The summed E-state index contributed by atoms with van der Waals surface area (Å²) in [4.78, 5) is 19.6. The van der Waals surface area contributed by atoms with Crippen LogP contribution in [0.15, 0.2) is 200 Å². The molecule has 266 valence electrons. The maximum absolute atomic E-state index is 4.93. The highest BCUT2D eigenvalue weighted by Gasteiger charge is 2.17. The fourth-order valence-corrected chi connectivity index (χ4v) is 8.04. The molecule has 0 radical (unpaired) electrons. The largest absolute Gasteiger partial charge is 0.309 e. The highest BCUT2D eigenvalue weighted by molar-refractivity contribution is 6.22. The molecule has 0 saturated carbocycles. The van der Waals surface area contributed by atoms with Crippen molar-refractivity contribution in [2.75, 3.05) is 0 Å². The summed E-state index contributed by atoms with van der Waals surface area (Å²) in [6.45, 7) is 0. The third kappa shape index (κ3) is 5.81. The number of aromatic nitrogens is 5. The average molecular weight is 728 g/mol. The minimum atomic E-state index is 0.637. The molecule has 0 N–H and O–H groups in total. The van der Waals surface area contributed by atoms with Crippen LogP contribution < -0.4 is 0 Å². The Hall–Kier alpha value is -7.76. The molecule has 57 heavy (non-hydrogen) atoms. The predicted octanol–water partition coefficient (Wildman–Crippen LogP) is 13.0. The van der Waals surface area contributed by atoms with Crippen LogP contribution in [-0.2, 0) is 0 Å². The third-order valence-electron chi connectivity index (χ3n) is 10.9. The summed E-state index contributed by atoms with van der Waals surface area (Å²) in [5, 5.41) is 6.06. The van der Waals surface area contributed by atoms with Gasteiger partial charge in [0.1, 0.15) is 0 Å². The lowest BCUT2D eigenvalue weighted by Gasteiger charge is -2.10. The molecule has 0 unspecified atom stereocenters. The molecule has 0 aliphatic rings. The van der Waals surface area contributed by atoms with E-state index in [0.29, 0.717) is 17.5 Å². The van der Waals surface area contributed by atoms with Gasteiger partial charge in [-0.2, -0.15) is 0 Å². The molecule has 3 aromatic heterocycles. The SMILES string of the molecule is c1ccc(-c2nc(-c3ccccc3)nc(-c3ccc(-c4ccc5ncc(-c6ccc7c(c6)c6c8ccccc8ccc6n7-c6ccccc6)cc5c4)cc3)n2)cc1. The standard InChI is InChI=1S/C52H33N5/c1-4-13-36(14-5-1)50-54-51(37-15-6-2-7-16-37)56-52(55-50)38-22-20-34(21-23-38)39-24-27-46-41(30-39)31-42(33-53-46)40-26-28-47-45(32-40)49-44-19-11-10-12-35(44)25-29-48(49)57(47)43-17-8-3-9-18-43/h1-33H. The zero-order chi connectivity index (χ0) is 37.7. The lowest BCUT2D eigenvalue weighted by Crippen LogP contribution is -2.00. The molecular weight excluding hydrogens is 695 g/mol. The first-order chi connectivity index (χ1) is 28.2. The first kappa shape index (κ1) is 32.7. The molecule has 0 atom stereocenters. The van der Waals surface area contributed by atoms with E-state index in [0.717, 1.165) is 55.5 Å². The highest BCUT2D eigenvalue weighted by Crippen LogP contribution is 2.39. The van der Waals surface area contributed by atoms with Crippen molar-refractivity contribution in [3.63, 3.8) is 0 Å². The van der Waals surface area contributed by atoms with Crippen molar-refractivity contribution in [1.82, 2.24) is 24.5 Å². The zero-order valence-corrected chi connectivity index (χ0v) is 30.8. The Kier molecular flexibility index (Phi) is 7.74. The van der Waals surface area contributed by atoms with Gasteiger partial charge in [-0.3, -0.25) is 4.98 Å². The van der Waals surface area contributed by atoms with Crippen LogP contribution in [0.1, 0.15) is 0 Å². The maximum Gasteiger partial charge on any atom is 0.164 e. The first-order valence-corrected chi connectivity index (χ1v) is 19.1. The number of hydrogen-bond donors (Lipinski definition) is 0. The van der Waals surface area contributed by atoms with E-state index in [1.807, 2.05) is 66.9 Å². The van der Waals surface area contributed by atoms with Crippen LogP contribution in [0.5, 0.6) is 0 Å². The van der Waals surface area contributed by atoms with Gasteiger partial charge in [0, 0.05) is 50.3 Å². The fraction of sp³-hybridized carbons (Fsp3) is 0. The van der Waals surface area contributed by atoms with E-state index in [1.165, 1.54) is 32.6 Å². The van der Waals surface area contributed by atoms with Crippen LogP contribution in [-0.4, -0.2) is 24.5 Å². The summed E-state index contributed by atoms with van der Waals surface area (Å²) in [5.74, 6) is 1.94. The van der Waals surface area contributed by atoms with E-state index in [9.17, 15) is 0 Å². The summed E-state index contributed by atoms with van der Waals surface area (Å²) < 4.78 is 2.38. The van der Waals surface area contributed by atoms with E-state index < -0.39 is 0 Å². The van der Waals surface area contributed by atoms with Gasteiger partial charge in [-0.15, -0.1) is 0 Å². The van der Waals surface area contributed by atoms with Gasteiger partial charge in [0.15, 0.2) is 17.5 Å². The molecule has 5 heteroatoms. The van der Waals surface area contributed by atoms with Gasteiger partial charge in [-0.1, -0.05) is 146 Å². The maximum atomic E-state index is 4.93. The number of rotatable bonds is 6. The molecular formula is C52H33N5. The molecule has 0 saturated heterocycles. The van der Waals surface area contributed by atoms with Gasteiger partial charge < -0.3 is 4.57 Å². The second-order valence-corrected chi connectivity index (χ2v) is 14.3. The minimum absolute atomic E-state index is 0.637. The zero-order valence-electron chi connectivity index (χ0n) is 30.8. The van der Waals surface area contributed by atoms with Crippen molar-refractivity contribution in [2.24, 2.45) is 0 Å². The summed E-state index contributed by atoms with van der Waals surface area (Å²) in [6, 6.07) is 67.9. The van der Waals surface area contributed by atoms with Gasteiger partial charge in [-0.05, 0) is 76.0 Å². The number of pyridine rings is 1. The van der Waals surface area contributed by atoms with Crippen molar-refractivity contribution in [3.05, 3.63) is 200 Å². The van der Waals surface area contributed by atoms with E-state index >= 15 is 0 Å². The Morgan fingerprint density at radius 1 is 0.333 bits per heavy atom. The van der Waals surface area contributed by atoms with Gasteiger partial charge in [0.2, 0.25) is 0 Å². The normalized spacial score (nSPS) is 11.5. The minimum Gasteiger partial charge on any atom is -0.309 e. The number of fused-ring (bicyclic) bond motifs is 6. The molecule has 5 nitrogen and oxygen atoms in total. The summed E-state index contributed by atoms with van der Waals surface area (Å²) in [7, 11) is 0. The Bertz CT molecular complexity index is 3210. The Morgan fingerprint density at radius 3 is 1.56 bits per heavy atom. The second-order valence-electron chi connectivity index (χ2n) is 14.3. The van der Waals surface area contributed by atoms with E-state index in [4.69, 9.17) is 19.9 Å². The molecule has 8 aromatic carbocycles. The molecule has 11 aromatic rings. The molecule has 0 amide bonds. The average Bonchev–Trinajstić information content (AvgIpc) is 3.63. The Labute approximate surface area is 329 Å². The number of nitrogens with zero attached hydrogens (tertiary/aromatic N) is 5. The lowest BCUT2D eigenvalue weighted by molar-refractivity contribution is 1.07. The van der Waals surface area contributed by atoms with E-state index in [1.54, 1.807) is 0 Å². The van der Waals surface area contributed by atoms with Crippen LogP contribution in [0.3, 0.4) is 0 Å². The van der Waals surface area contributed by atoms with Crippen molar-refractivity contribution in [3.8, 4) is 62.1 Å². The first-order valence-electron chi connectivity index (χ1n) is 19.1. The van der Waals surface area contributed by atoms with Crippen molar-refractivity contribution in [2.45, 2.75) is 0 Å². The van der Waals surface area contributed by atoms with Gasteiger partial charge in [0.05, 0.1) is 16.6 Å². The van der Waals surface area contributed by atoms with Crippen molar-refractivity contribution < 1.29 is 0 Å². The van der Waals surface area contributed by atoms with E-state index in [-0.39, 0.29) is 0 Å². The Balaban J connectivity index is 0.972. The molecule has 0 bridgehead atoms. The summed E-state index contributed by atoms with van der Waals surface area (Å²) >= 11 is 0. The van der Waals surface area contributed by atoms with Crippen LogP contribution in [0.2, 0.25) is 0 Å². The quantitative estimate of drug-likeness (QED) is 0.171. The molecule has 11 rings (SSSR count). The summed E-state index contributed by atoms with van der Waals surface area (Å²) in [5.41, 5.74) is 11.7. The third-order valence-corrected chi connectivity index (χ3v) is 10.9. The molecule has 0 aliphatic heterocycles. The molecule has 0 spiro atoms. The van der Waals surface area contributed by atoms with Crippen molar-refractivity contribution in [1.29, 1.82) is 0 Å². The van der Waals surface area contributed by atoms with Crippen molar-refractivity contribution >= 4 is 43.5 Å². The monoisotopic (exact) mass is 727 g/mol. The smallest absolute Gasteiger partial charge is 0.164 e. The van der Waals surface area contributed by atoms with Crippen LogP contribution in [0.4, 0.5) is 0 Å². The van der Waals surface area contributed by atoms with Gasteiger partial charge >= 0.3 is 0 Å². The number of benzene rings is 8. The topological polar surface area (TPSA) is 56.5 Å². The molecule has 3 heterocycles. The highest BCUT2D eigenvalue weighted by atomic mass is 15.0. The van der Waals surface area contributed by atoms with Crippen LogP contribution >= 0.6 is 0 Å². The second kappa shape index (κ2) is 13.5.